The molecule has 0 saturated carbocycles. The zero-order chi connectivity index (χ0) is 21.8. The molecule has 1 fully saturated rings. The van der Waals surface area contributed by atoms with E-state index in [0.717, 1.165) is 70.3 Å². The Balaban J connectivity index is 0.00000480. The van der Waals surface area contributed by atoms with Crippen molar-refractivity contribution in [2.45, 2.75) is 58.5 Å². The van der Waals surface area contributed by atoms with E-state index in [1.165, 1.54) is 5.56 Å². The highest BCUT2D eigenvalue weighted by Gasteiger charge is 2.15. The van der Waals surface area contributed by atoms with Crippen LogP contribution in [0.1, 0.15) is 64.2 Å². The lowest BCUT2D eigenvalue weighted by Crippen LogP contribution is -2.38. The first kappa shape index (κ1) is 28.1. The largest absolute Gasteiger partial charge is 0.386 e. The molecule has 31 heavy (non-hydrogen) atoms. The normalized spacial score (nSPS) is 16.5. The Morgan fingerprint density at radius 3 is 2.48 bits per heavy atom. The van der Waals surface area contributed by atoms with Crippen molar-refractivity contribution in [3.05, 3.63) is 35.4 Å². The summed E-state index contributed by atoms with van der Waals surface area (Å²) in [5.74, 6) is 1.37. The molecule has 1 heterocycles. The fraction of sp³-hybridized carbons (Fsp3) is 0.708. The smallest absolute Gasteiger partial charge is 0.191 e. The lowest BCUT2D eigenvalue weighted by Gasteiger charge is -2.21. The lowest BCUT2D eigenvalue weighted by atomic mass is 9.86. The van der Waals surface area contributed by atoms with Gasteiger partial charge in [-0.1, -0.05) is 45.0 Å². The predicted octanol–water partition coefficient (Wildman–Crippen LogP) is 4.02. The van der Waals surface area contributed by atoms with Gasteiger partial charge in [-0.15, -0.1) is 24.0 Å². The van der Waals surface area contributed by atoms with Crippen LogP contribution in [-0.2, 0) is 14.9 Å². The van der Waals surface area contributed by atoms with E-state index in [9.17, 15) is 5.11 Å². The molecule has 1 aromatic rings. The third kappa shape index (κ3) is 11.0. The monoisotopic (exact) mass is 547 g/mol. The molecular weight excluding hydrogens is 505 g/mol. The molecule has 2 rings (SSSR count). The van der Waals surface area contributed by atoms with Gasteiger partial charge >= 0.3 is 0 Å². The van der Waals surface area contributed by atoms with Crippen molar-refractivity contribution in [3.63, 3.8) is 0 Å². The molecule has 0 amide bonds. The molecule has 1 atom stereocenters. The molecule has 7 heteroatoms. The van der Waals surface area contributed by atoms with Gasteiger partial charge in [0.05, 0.1) is 12.6 Å². The molecule has 0 spiro atoms. The van der Waals surface area contributed by atoms with E-state index < -0.39 is 6.10 Å². The summed E-state index contributed by atoms with van der Waals surface area (Å²) in [4.78, 5) is 4.54. The van der Waals surface area contributed by atoms with Gasteiger partial charge in [0.25, 0.3) is 0 Å². The van der Waals surface area contributed by atoms with Gasteiger partial charge in [-0.25, -0.2) is 0 Å². The van der Waals surface area contributed by atoms with Crippen molar-refractivity contribution < 1.29 is 14.6 Å². The number of aliphatic hydroxyl groups excluding tert-OH is 1. The number of rotatable bonds is 10. The zero-order valence-corrected chi connectivity index (χ0v) is 22.0. The topological polar surface area (TPSA) is 75.1 Å². The van der Waals surface area contributed by atoms with Crippen LogP contribution in [-0.4, -0.2) is 57.1 Å². The molecule has 6 nitrogen and oxygen atoms in total. The van der Waals surface area contributed by atoms with Crippen molar-refractivity contribution in [1.82, 2.24) is 10.6 Å². The number of nitrogens with one attached hydrogen (secondary N) is 2. The van der Waals surface area contributed by atoms with Gasteiger partial charge in [-0.2, -0.15) is 0 Å². The average molecular weight is 548 g/mol. The van der Waals surface area contributed by atoms with Crippen LogP contribution in [0.15, 0.2) is 29.3 Å². The molecule has 1 aliphatic heterocycles. The van der Waals surface area contributed by atoms with Crippen LogP contribution in [0.4, 0.5) is 0 Å². The molecule has 0 bridgehead atoms. The van der Waals surface area contributed by atoms with Crippen LogP contribution >= 0.6 is 24.0 Å². The second-order valence-corrected chi connectivity index (χ2v) is 9.02. The molecule has 178 valence electrons. The van der Waals surface area contributed by atoms with E-state index in [4.69, 9.17) is 9.47 Å². The summed E-state index contributed by atoms with van der Waals surface area (Å²) < 4.78 is 11.2. The summed E-state index contributed by atoms with van der Waals surface area (Å²) >= 11 is 0. The van der Waals surface area contributed by atoms with Gasteiger partial charge in [0.1, 0.15) is 0 Å². The Bertz CT molecular complexity index is 626. The Labute approximate surface area is 205 Å². The highest BCUT2D eigenvalue weighted by atomic mass is 127. The van der Waals surface area contributed by atoms with Gasteiger partial charge in [0.2, 0.25) is 0 Å². The van der Waals surface area contributed by atoms with Crippen LogP contribution in [0.25, 0.3) is 0 Å². The number of aliphatic hydroxyl groups is 1. The number of guanidine groups is 1. The first-order valence-electron chi connectivity index (χ1n) is 11.4. The molecule has 1 saturated heterocycles. The zero-order valence-electron chi connectivity index (χ0n) is 19.7. The van der Waals surface area contributed by atoms with Crippen molar-refractivity contribution in [3.8, 4) is 0 Å². The standard InChI is InChI=1S/C24H41N3O3.HI/c1-5-25-23(26-13-6-14-30-18-19-11-15-29-16-12-19)27-17-22(28)20-7-9-21(10-8-20)24(2,3)4;/h7-10,19,22,28H,5-6,11-18H2,1-4H3,(H2,25,26,27);1H. The molecule has 0 aliphatic carbocycles. The van der Waals surface area contributed by atoms with Crippen molar-refractivity contribution in [1.29, 1.82) is 0 Å². The number of halogens is 1. The maximum absolute atomic E-state index is 10.5. The summed E-state index contributed by atoms with van der Waals surface area (Å²) in [6.07, 6.45) is 2.52. The minimum absolute atomic E-state index is 0. The number of ether oxygens (including phenoxy) is 2. The quantitative estimate of drug-likeness (QED) is 0.179. The second kappa shape index (κ2) is 15.0. The number of benzene rings is 1. The van der Waals surface area contributed by atoms with Crippen LogP contribution in [0.3, 0.4) is 0 Å². The van der Waals surface area contributed by atoms with Crippen LogP contribution in [0, 0.1) is 5.92 Å². The minimum atomic E-state index is -0.614. The number of nitrogens with zero attached hydrogens (tertiary/aromatic N) is 1. The Hall–Kier alpha value is -0.900. The summed E-state index contributed by atoms with van der Waals surface area (Å²) in [7, 11) is 0. The summed E-state index contributed by atoms with van der Waals surface area (Å²) in [5, 5.41) is 17.1. The van der Waals surface area contributed by atoms with E-state index in [1.807, 2.05) is 19.1 Å². The summed E-state index contributed by atoms with van der Waals surface area (Å²) in [5.41, 5.74) is 2.26. The predicted molar refractivity (Wildman–Crippen MR) is 138 cm³/mol. The Morgan fingerprint density at radius 2 is 1.87 bits per heavy atom. The summed E-state index contributed by atoms with van der Waals surface area (Å²) in [6.45, 7) is 13.8. The second-order valence-electron chi connectivity index (χ2n) is 9.02. The maximum Gasteiger partial charge on any atom is 0.191 e. The van der Waals surface area contributed by atoms with Gasteiger partial charge in [-0.3, -0.25) is 4.99 Å². The third-order valence-electron chi connectivity index (χ3n) is 5.38. The molecule has 0 aromatic heterocycles. The molecular formula is C24H42IN3O3. The lowest BCUT2D eigenvalue weighted by molar-refractivity contribution is 0.0203. The van der Waals surface area contributed by atoms with Crippen molar-refractivity contribution in [2.75, 3.05) is 46.1 Å². The molecule has 1 aromatic carbocycles. The van der Waals surface area contributed by atoms with E-state index in [-0.39, 0.29) is 29.4 Å². The van der Waals surface area contributed by atoms with Gasteiger partial charge < -0.3 is 25.2 Å². The number of hydrogen-bond acceptors (Lipinski definition) is 4. The average Bonchev–Trinajstić information content (AvgIpc) is 2.74. The molecule has 1 unspecified atom stereocenters. The van der Waals surface area contributed by atoms with Crippen LogP contribution in [0.5, 0.6) is 0 Å². The highest BCUT2D eigenvalue weighted by molar-refractivity contribution is 14.0. The van der Waals surface area contributed by atoms with E-state index >= 15 is 0 Å². The van der Waals surface area contributed by atoms with Gasteiger partial charge in [0.15, 0.2) is 5.96 Å². The Kier molecular flexibility index (Phi) is 13.6. The minimum Gasteiger partial charge on any atom is -0.386 e. The van der Waals surface area contributed by atoms with Crippen molar-refractivity contribution >= 4 is 29.9 Å². The fourth-order valence-corrected chi connectivity index (χ4v) is 3.37. The van der Waals surface area contributed by atoms with Crippen molar-refractivity contribution in [2.24, 2.45) is 10.9 Å². The fourth-order valence-electron chi connectivity index (χ4n) is 3.37. The highest BCUT2D eigenvalue weighted by Crippen LogP contribution is 2.24. The van der Waals surface area contributed by atoms with Crippen LogP contribution in [0.2, 0.25) is 0 Å². The van der Waals surface area contributed by atoms with E-state index in [2.05, 4.69) is 48.5 Å². The van der Waals surface area contributed by atoms with Crippen LogP contribution < -0.4 is 10.6 Å². The maximum atomic E-state index is 10.5. The Morgan fingerprint density at radius 1 is 1.19 bits per heavy atom. The molecule has 0 radical (unpaired) electrons. The molecule has 1 aliphatic rings. The molecule has 3 N–H and O–H groups in total. The van der Waals surface area contributed by atoms with E-state index in [0.29, 0.717) is 12.5 Å². The summed E-state index contributed by atoms with van der Waals surface area (Å²) in [6, 6.07) is 8.17. The first-order chi connectivity index (χ1) is 14.4. The van der Waals surface area contributed by atoms with E-state index in [1.54, 1.807) is 0 Å². The SMILES string of the molecule is CCNC(=NCC(O)c1ccc(C(C)(C)C)cc1)NCCCOCC1CCOCC1.I. The number of aliphatic imine (C=N–C) groups is 1. The first-order valence-corrected chi connectivity index (χ1v) is 11.4. The number of hydrogen-bond donors (Lipinski definition) is 3. The van der Waals surface area contributed by atoms with Gasteiger partial charge in [-0.05, 0) is 48.6 Å². The third-order valence-corrected chi connectivity index (χ3v) is 5.38. The van der Waals surface area contributed by atoms with Gasteiger partial charge in [0, 0.05) is 39.5 Å².